The van der Waals surface area contributed by atoms with Crippen LogP contribution < -0.4 is 0 Å². The van der Waals surface area contributed by atoms with Gasteiger partial charge in [0.15, 0.2) is 12.1 Å². The van der Waals surface area contributed by atoms with E-state index in [0.717, 1.165) is 5.56 Å². The quantitative estimate of drug-likeness (QED) is 0.603. The Morgan fingerprint density at radius 2 is 1.89 bits per heavy atom. The number of hydrogen-bond donors (Lipinski definition) is 1. The Bertz CT molecular complexity index is 747. The first-order valence-electron chi connectivity index (χ1n) is 9.13. The highest BCUT2D eigenvalue weighted by molar-refractivity contribution is 7.86. The van der Waals surface area contributed by atoms with Crippen molar-refractivity contribution >= 4 is 15.9 Å². The van der Waals surface area contributed by atoms with Gasteiger partial charge in [-0.25, -0.2) is 4.18 Å². The summed E-state index contributed by atoms with van der Waals surface area (Å²) in [5.74, 6) is -2.03. The molecule has 1 heterocycles. The van der Waals surface area contributed by atoms with Gasteiger partial charge in [-0.2, -0.15) is 8.42 Å². The Balaban J connectivity index is 2.01. The fraction of sp³-hybridized carbons (Fsp3) is 0.632. The van der Waals surface area contributed by atoms with E-state index < -0.39 is 28.0 Å². The van der Waals surface area contributed by atoms with Crippen molar-refractivity contribution < 1.29 is 32.0 Å². The van der Waals surface area contributed by atoms with Gasteiger partial charge in [-0.3, -0.25) is 14.3 Å². The van der Waals surface area contributed by atoms with E-state index in [0.29, 0.717) is 12.8 Å². The third-order valence-electron chi connectivity index (χ3n) is 4.46. The fourth-order valence-electron chi connectivity index (χ4n) is 2.99. The molecule has 1 saturated heterocycles. The summed E-state index contributed by atoms with van der Waals surface area (Å²) in [6.45, 7) is 6.85. The molecule has 152 valence electrons. The average Bonchev–Trinajstić information content (AvgIpc) is 2.53. The minimum absolute atomic E-state index is 0.00110. The molecule has 1 N–H and O–H groups in total. The highest BCUT2D eigenvalue weighted by atomic mass is 32.2. The first kappa shape index (κ1) is 22.0. The number of carbonyl (C=O) groups excluding carboxylic acids is 1. The molecule has 0 radical (unpaired) electrons. The van der Waals surface area contributed by atoms with Gasteiger partial charge in [0.05, 0.1) is 4.90 Å². The van der Waals surface area contributed by atoms with Crippen molar-refractivity contribution in [3.8, 4) is 0 Å². The monoisotopic (exact) mass is 400 g/mol. The molecule has 2 rings (SSSR count). The van der Waals surface area contributed by atoms with Crippen LogP contribution in [-0.2, 0) is 28.6 Å². The Morgan fingerprint density at radius 1 is 1.30 bits per heavy atom. The maximum absolute atomic E-state index is 12.5. The first-order valence-corrected chi connectivity index (χ1v) is 10.5. The van der Waals surface area contributed by atoms with Crippen LogP contribution in [0.5, 0.6) is 0 Å². The largest absolute Gasteiger partial charge is 0.382 e. The Morgan fingerprint density at radius 3 is 2.41 bits per heavy atom. The van der Waals surface area contributed by atoms with Gasteiger partial charge in [0, 0.05) is 12.8 Å². The van der Waals surface area contributed by atoms with Gasteiger partial charge in [0.1, 0.15) is 5.60 Å². The SMILES string of the molecule is CCCC(C)(O)C(=O)CCCC1(OS(=O)(=O)c2ccc(C)cc2)OC(C)O1. The lowest BCUT2D eigenvalue weighted by atomic mass is 9.92. The fourth-order valence-corrected chi connectivity index (χ4v) is 4.06. The van der Waals surface area contributed by atoms with E-state index in [1.165, 1.54) is 19.1 Å². The van der Waals surface area contributed by atoms with Gasteiger partial charge in [-0.05, 0) is 45.7 Å². The Hall–Kier alpha value is -1.32. The van der Waals surface area contributed by atoms with Gasteiger partial charge >= 0.3 is 16.1 Å². The van der Waals surface area contributed by atoms with Gasteiger partial charge in [-0.15, -0.1) is 0 Å². The van der Waals surface area contributed by atoms with Crippen LogP contribution in [-0.4, -0.2) is 37.2 Å². The number of Topliss-reactive ketones (excluding diaryl/α,β-unsaturated/α-hetero) is 1. The summed E-state index contributed by atoms with van der Waals surface area (Å²) in [6.07, 6.45) is 0.843. The first-order chi connectivity index (χ1) is 12.5. The van der Waals surface area contributed by atoms with Crippen molar-refractivity contribution in [2.45, 2.75) is 82.6 Å². The number of aliphatic hydroxyl groups is 1. The number of ether oxygens (including phenoxy) is 2. The van der Waals surface area contributed by atoms with Crippen LogP contribution in [0.1, 0.15) is 58.4 Å². The summed E-state index contributed by atoms with van der Waals surface area (Å²) in [6, 6.07) is 6.24. The van der Waals surface area contributed by atoms with E-state index in [1.54, 1.807) is 19.1 Å². The van der Waals surface area contributed by atoms with Crippen LogP contribution in [0, 0.1) is 6.92 Å². The molecule has 7 nitrogen and oxygen atoms in total. The molecule has 8 heteroatoms. The van der Waals surface area contributed by atoms with Crippen LogP contribution >= 0.6 is 0 Å². The summed E-state index contributed by atoms with van der Waals surface area (Å²) >= 11 is 0. The van der Waals surface area contributed by atoms with Crippen LogP contribution in [0.25, 0.3) is 0 Å². The molecule has 1 aromatic rings. The zero-order chi connectivity index (χ0) is 20.3. The highest BCUT2D eigenvalue weighted by Crippen LogP contribution is 2.38. The lowest BCUT2D eigenvalue weighted by Crippen LogP contribution is -2.55. The van der Waals surface area contributed by atoms with Crippen molar-refractivity contribution in [2.24, 2.45) is 0 Å². The van der Waals surface area contributed by atoms with Crippen molar-refractivity contribution in [1.82, 2.24) is 0 Å². The van der Waals surface area contributed by atoms with E-state index in [9.17, 15) is 18.3 Å². The minimum Gasteiger partial charge on any atom is -0.382 e. The van der Waals surface area contributed by atoms with Crippen LogP contribution in [0.2, 0.25) is 0 Å². The van der Waals surface area contributed by atoms with Crippen LogP contribution in [0.15, 0.2) is 29.2 Å². The number of rotatable bonds is 10. The van der Waals surface area contributed by atoms with E-state index in [-0.39, 0.29) is 29.9 Å². The summed E-state index contributed by atoms with van der Waals surface area (Å²) in [4.78, 5) is 12.2. The second-order valence-electron chi connectivity index (χ2n) is 7.14. The molecule has 1 fully saturated rings. The average molecular weight is 400 g/mol. The van der Waals surface area contributed by atoms with Gasteiger partial charge in [0.25, 0.3) is 0 Å². The number of hydrogen-bond acceptors (Lipinski definition) is 7. The van der Waals surface area contributed by atoms with Crippen LogP contribution in [0.4, 0.5) is 0 Å². The molecule has 1 unspecified atom stereocenters. The number of aryl methyl sites for hydroxylation is 1. The van der Waals surface area contributed by atoms with Gasteiger partial charge < -0.3 is 5.11 Å². The molecule has 0 aliphatic carbocycles. The summed E-state index contributed by atoms with van der Waals surface area (Å²) in [5.41, 5.74) is -0.461. The van der Waals surface area contributed by atoms with Crippen molar-refractivity contribution in [1.29, 1.82) is 0 Å². The third-order valence-corrected chi connectivity index (χ3v) is 5.78. The lowest BCUT2D eigenvalue weighted by Gasteiger charge is -2.44. The predicted molar refractivity (Wildman–Crippen MR) is 98.2 cm³/mol. The van der Waals surface area contributed by atoms with Crippen molar-refractivity contribution in [3.63, 3.8) is 0 Å². The molecular formula is C19H28O7S. The van der Waals surface area contributed by atoms with Crippen molar-refractivity contribution in [2.75, 3.05) is 0 Å². The molecule has 27 heavy (non-hydrogen) atoms. The predicted octanol–water partition coefficient (Wildman–Crippen LogP) is 3.04. The molecule has 0 aromatic heterocycles. The molecule has 1 aliphatic heterocycles. The minimum atomic E-state index is -4.09. The zero-order valence-corrected chi connectivity index (χ0v) is 17.0. The second kappa shape index (κ2) is 8.36. The molecular weight excluding hydrogens is 372 g/mol. The van der Waals surface area contributed by atoms with Crippen molar-refractivity contribution in [3.05, 3.63) is 29.8 Å². The second-order valence-corrected chi connectivity index (χ2v) is 8.68. The Kier molecular flexibility index (Phi) is 6.81. The summed E-state index contributed by atoms with van der Waals surface area (Å²) < 4.78 is 41.1. The smallest absolute Gasteiger partial charge is 0.302 e. The molecule has 1 aliphatic rings. The normalized spacial score (nSPS) is 24.9. The highest BCUT2D eigenvalue weighted by Gasteiger charge is 2.50. The summed E-state index contributed by atoms with van der Waals surface area (Å²) in [7, 11) is -4.09. The molecule has 0 amide bonds. The molecule has 0 bridgehead atoms. The zero-order valence-electron chi connectivity index (χ0n) is 16.2. The topological polar surface area (TPSA) is 99.1 Å². The van der Waals surface area contributed by atoms with E-state index >= 15 is 0 Å². The van der Waals surface area contributed by atoms with Crippen LogP contribution in [0.3, 0.4) is 0 Å². The number of carbonyl (C=O) groups is 1. The molecule has 0 spiro atoms. The Labute approximate surface area is 160 Å². The molecule has 0 saturated carbocycles. The molecule has 1 atom stereocenters. The number of ketones is 1. The maximum Gasteiger partial charge on any atom is 0.302 e. The van der Waals surface area contributed by atoms with Gasteiger partial charge in [-0.1, -0.05) is 31.0 Å². The van der Waals surface area contributed by atoms with E-state index in [4.69, 9.17) is 13.7 Å². The summed E-state index contributed by atoms with van der Waals surface area (Å²) in [5, 5.41) is 10.1. The lowest BCUT2D eigenvalue weighted by molar-refractivity contribution is -0.515. The third kappa shape index (κ3) is 5.58. The van der Waals surface area contributed by atoms with Gasteiger partial charge in [0.2, 0.25) is 0 Å². The maximum atomic E-state index is 12.5. The van der Waals surface area contributed by atoms with E-state index in [1.807, 2.05) is 13.8 Å². The number of benzene rings is 1. The van der Waals surface area contributed by atoms with E-state index in [2.05, 4.69) is 0 Å². The molecule has 1 aromatic carbocycles. The standard InChI is InChI=1S/C19H28O7S/c1-5-12-18(4,21)17(20)7-6-13-19(24-15(3)25-19)26-27(22,23)16-10-8-14(2)9-11-16/h8-11,15,21H,5-7,12-13H2,1-4H3.